The first kappa shape index (κ1) is 13.6. The molecule has 0 fully saturated rings. The van der Waals surface area contributed by atoms with Gasteiger partial charge in [0, 0.05) is 19.7 Å². The van der Waals surface area contributed by atoms with Crippen LogP contribution in [0.25, 0.3) is 0 Å². The molecule has 0 bridgehead atoms. The second-order valence-corrected chi connectivity index (χ2v) is 4.46. The number of hydrogen-bond acceptors (Lipinski definition) is 4. The van der Waals surface area contributed by atoms with E-state index in [9.17, 15) is 4.79 Å². The summed E-state index contributed by atoms with van der Waals surface area (Å²) in [7, 11) is 3.18. The van der Waals surface area contributed by atoms with Crippen molar-refractivity contribution in [2.24, 2.45) is 0 Å². The molecule has 0 N–H and O–H groups in total. The van der Waals surface area contributed by atoms with Gasteiger partial charge in [-0.05, 0) is 26.3 Å². The zero-order chi connectivity index (χ0) is 12.9. The molecule has 1 heterocycles. The Morgan fingerprint density at radius 2 is 2.12 bits per heavy atom. The Hall–Kier alpha value is -1.42. The number of ether oxygens (including phenoxy) is 2. The van der Waals surface area contributed by atoms with Crippen LogP contribution in [-0.2, 0) is 4.74 Å². The molecule has 0 aliphatic rings. The third kappa shape index (κ3) is 3.82. The standard InChI is InChI=1S/C13H19NO3/c1-13(2,17-4)7-5-11(15)10-6-8-14-9-12(10)16-3/h6,8-9H,5,7H2,1-4H3. The molecule has 0 spiro atoms. The summed E-state index contributed by atoms with van der Waals surface area (Å²) in [5, 5.41) is 0. The van der Waals surface area contributed by atoms with E-state index in [1.807, 2.05) is 13.8 Å². The van der Waals surface area contributed by atoms with Crippen LogP contribution in [0, 0.1) is 0 Å². The number of ketones is 1. The zero-order valence-corrected chi connectivity index (χ0v) is 10.8. The van der Waals surface area contributed by atoms with Crippen LogP contribution in [0.3, 0.4) is 0 Å². The lowest BCUT2D eigenvalue weighted by molar-refractivity contribution is 0.0141. The summed E-state index contributed by atoms with van der Waals surface area (Å²) < 4.78 is 10.4. The first-order valence-corrected chi connectivity index (χ1v) is 5.56. The summed E-state index contributed by atoms with van der Waals surface area (Å²) in [6, 6.07) is 1.68. The Kier molecular flexibility index (Phi) is 4.63. The Balaban J connectivity index is 2.70. The maximum Gasteiger partial charge on any atom is 0.166 e. The second kappa shape index (κ2) is 5.77. The van der Waals surface area contributed by atoms with Crippen LogP contribution in [0.5, 0.6) is 5.75 Å². The highest BCUT2D eigenvalue weighted by atomic mass is 16.5. The molecule has 1 aromatic heterocycles. The fourth-order valence-electron chi connectivity index (χ4n) is 1.42. The summed E-state index contributed by atoms with van der Waals surface area (Å²) in [5.74, 6) is 0.571. The van der Waals surface area contributed by atoms with Gasteiger partial charge in [0.25, 0.3) is 0 Å². The average molecular weight is 237 g/mol. The van der Waals surface area contributed by atoms with Crippen LogP contribution in [0.15, 0.2) is 18.5 Å². The van der Waals surface area contributed by atoms with Crippen LogP contribution < -0.4 is 4.74 Å². The minimum absolute atomic E-state index is 0.0503. The molecule has 94 valence electrons. The molecule has 0 saturated heterocycles. The Morgan fingerprint density at radius 1 is 1.41 bits per heavy atom. The molecule has 4 heteroatoms. The number of hydrogen-bond donors (Lipinski definition) is 0. The van der Waals surface area contributed by atoms with Crippen LogP contribution in [0.4, 0.5) is 0 Å². The van der Waals surface area contributed by atoms with Crippen molar-refractivity contribution in [3.8, 4) is 5.75 Å². The SMILES string of the molecule is COc1cnccc1C(=O)CCC(C)(C)OC. The Labute approximate surface area is 102 Å². The monoisotopic (exact) mass is 237 g/mol. The predicted molar refractivity (Wildman–Crippen MR) is 65.4 cm³/mol. The lowest BCUT2D eigenvalue weighted by Crippen LogP contribution is -2.23. The molecule has 0 aliphatic heterocycles. The molecule has 0 unspecified atom stereocenters. The highest BCUT2D eigenvalue weighted by Crippen LogP contribution is 2.21. The number of pyridine rings is 1. The van der Waals surface area contributed by atoms with Gasteiger partial charge in [0.15, 0.2) is 5.78 Å². The van der Waals surface area contributed by atoms with Crippen molar-refractivity contribution >= 4 is 5.78 Å². The van der Waals surface area contributed by atoms with E-state index in [0.29, 0.717) is 24.2 Å². The van der Waals surface area contributed by atoms with Crippen molar-refractivity contribution < 1.29 is 14.3 Å². The molecule has 0 radical (unpaired) electrons. The molecule has 0 atom stereocenters. The quantitative estimate of drug-likeness (QED) is 0.713. The summed E-state index contributed by atoms with van der Waals surface area (Å²) in [6.45, 7) is 3.92. The number of aromatic nitrogens is 1. The molecular formula is C13H19NO3. The third-order valence-corrected chi connectivity index (χ3v) is 2.81. The predicted octanol–water partition coefficient (Wildman–Crippen LogP) is 2.48. The molecular weight excluding hydrogens is 218 g/mol. The van der Waals surface area contributed by atoms with Crippen molar-refractivity contribution in [1.82, 2.24) is 4.98 Å². The van der Waals surface area contributed by atoms with Gasteiger partial charge in [0.05, 0.1) is 24.5 Å². The van der Waals surface area contributed by atoms with E-state index in [1.165, 1.54) is 7.11 Å². The van der Waals surface area contributed by atoms with E-state index >= 15 is 0 Å². The highest BCUT2D eigenvalue weighted by molar-refractivity contribution is 5.98. The van der Waals surface area contributed by atoms with Gasteiger partial charge in [0.1, 0.15) is 5.75 Å². The number of rotatable bonds is 6. The van der Waals surface area contributed by atoms with Crippen LogP contribution in [-0.4, -0.2) is 30.6 Å². The van der Waals surface area contributed by atoms with Crippen molar-refractivity contribution in [1.29, 1.82) is 0 Å². The number of nitrogens with zero attached hydrogens (tertiary/aromatic N) is 1. The van der Waals surface area contributed by atoms with Gasteiger partial charge in [-0.3, -0.25) is 9.78 Å². The van der Waals surface area contributed by atoms with E-state index in [-0.39, 0.29) is 11.4 Å². The fraction of sp³-hybridized carbons (Fsp3) is 0.538. The van der Waals surface area contributed by atoms with Crippen molar-refractivity contribution in [3.05, 3.63) is 24.0 Å². The van der Waals surface area contributed by atoms with Gasteiger partial charge in [-0.1, -0.05) is 0 Å². The van der Waals surface area contributed by atoms with E-state index in [2.05, 4.69) is 4.98 Å². The lowest BCUT2D eigenvalue weighted by Gasteiger charge is -2.22. The summed E-state index contributed by atoms with van der Waals surface area (Å²) >= 11 is 0. The zero-order valence-electron chi connectivity index (χ0n) is 10.8. The number of carbonyl (C=O) groups is 1. The topological polar surface area (TPSA) is 48.4 Å². The Morgan fingerprint density at radius 3 is 2.71 bits per heavy atom. The second-order valence-electron chi connectivity index (χ2n) is 4.46. The molecule has 4 nitrogen and oxygen atoms in total. The van der Waals surface area contributed by atoms with Crippen LogP contribution >= 0.6 is 0 Å². The molecule has 1 rings (SSSR count). The average Bonchev–Trinajstić information content (AvgIpc) is 2.36. The molecule has 0 saturated carbocycles. The molecule has 1 aromatic rings. The first-order valence-electron chi connectivity index (χ1n) is 5.56. The summed E-state index contributed by atoms with van der Waals surface area (Å²) in [4.78, 5) is 15.9. The highest BCUT2D eigenvalue weighted by Gasteiger charge is 2.20. The minimum Gasteiger partial charge on any atom is -0.494 e. The summed E-state index contributed by atoms with van der Waals surface area (Å²) in [5.41, 5.74) is 0.296. The van der Waals surface area contributed by atoms with Gasteiger partial charge < -0.3 is 9.47 Å². The van der Waals surface area contributed by atoms with Gasteiger partial charge in [0.2, 0.25) is 0 Å². The molecule has 0 amide bonds. The normalized spacial score (nSPS) is 11.3. The van der Waals surface area contributed by atoms with Crippen molar-refractivity contribution in [2.75, 3.05) is 14.2 Å². The summed E-state index contributed by atoms with van der Waals surface area (Å²) in [6.07, 6.45) is 4.25. The smallest absolute Gasteiger partial charge is 0.166 e. The van der Waals surface area contributed by atoms with E-state index in [1.54, 1.807) is 25.6 Å². The van der Waals surface area contributed by atoms with Gasteiger partial charge in [-0.2, -0.15) is 0 Å². The maximum absolute atomic E-state index is 12.0. The molecule has 17 heavy (non-hydrogen) atoms. The minimum atomic E-state index is -0.282. The number of carbonyl (C=O) groups excluding carboxylic acids is 1. The van der Waals surface area contributed by atoms with E-state index in [4.69, 9.17) is 9.47 Å². The fourth-order valence-corrected chi connectivity index (χ4v) is 1.42. The van der Waals surface area contributed by atoms with Gasteiger partial charge >= 0.3 is 0 Å². The maximum atomic E-state index is 12.0. The van der Waals surface area contributed by atoms with Crippen molar-refractivity contribution in [3.63, 3.8) is 0 Å². The van der Waals surface area contributed by atoms with Gasteiger partial charge in [-0.25, -0.2) is 0 Å². The van der Waals surface area contributed by atoms with Crippen LogP contribution in [0.2, 0.25) is 0 Å². The number of methoxy groups -OCH3 is 2. The Bertz CT molecular complexity index is 388. The largest absolute Gasteiger partial charge is 0.494 e. The molecule has 0 aromatic carbocycles. The van der Waals surface area contributed by atoms with Gasteiger partial charge in [-0.15, -0.1) is 0 Å². The number of Topliss-reactive ketones (excluding diaryl/α,β-unsaturated/α-hetero) is 1. The first-order chi connectivity index (χ1) is 8.00. The van der Waals surface area contributed by atoms with E-state index < -0.39 is 0 Å². The van der Waals surface area contributed by atoms with Crippen molar-refractivity contribution in [2.45, 2.75) is 32.3 Å². The molecule has 0 aliphatic carbocycles. The van der Waals surface area contributed by atoms with Crippen LogP contribution in [0.1, 0.15) is 37.0 Å². The third-order valence-electron chi connectivity index (χ3n) is 2.81. The van der Waals surface area contributed by atoms with E-state index in [0.717, 1.165) is 0 Å². The lowest BCUT2D eigenvalue weighted by atomic mass is 9.98.